The standard InChI is InChI=1S/C16H21NO4/c1-11-3-4-12(2)14(9-11)21-10-15(18)17-7-5-13(6-8-17)16(19)20/h3-4,9,13H,5-8,10H2,1-2H3,(H,19,20)/p-1. The maximum atomic E-state index is 12.1. The largest absolute Gasteiger partial charge is 0.550 e. The first-order valence-corrected chi connectivity index (χ1v) is 7.16. The van der Waals surface area contributed by atoms with E-state index in [0.29, 0.717) is 31.7 Å². The highest BCUT2D eigenvalue weighted by molar-refractivity contribution is 5.78. The first-order valence-electron chi connectivity index (χ1n) is 7.16. The van der Waals surface area contributed by atoms with Gasteiger partial charge < -0.3 is 19.5 Å². The Labute approximate surface area is 124 Å². The third kappa shape index (κ3) is 3.97. The summed E-state index contributed by atoms with van der Waals surface area (Å²) in [6.07, 6.45) is 0.912. The van der Waals surface area contributed by atoms with Crippen molar-refractivity contribution in [1.82, 2.24) is 4.90 Å². The number of carbonyl (C=O) groups is 2. The molecule has 1 heterocycles. The Balaban J connectivity index is 1.85. The maximum Gasteiger partial charge on any atom is 0.260 e. The predicted molar refractivity (Wildman–Crippen MR) is 75.7 cm³/mol. The van der Waals surface area contributed by atoms with Crippen LogP contribution in [0.5, 0.6) is 5.75 Å². The summed E-state index contributed by atoms with van der Waals surface area (Å²) >= 11 is 0. The summed E-state index contributed by atoms with van der Waals surface area (Å²) in [6, 6.07) is 5.86. The van der Waals surface area contributed by atoms with E-state index < -0.39 is 11.9 Å². The zero-order chi connectivity index (χ0) is 15.4. The van der Waals surface area contributed by atoms with Gasteiger partial charge >= 0.3 is 0 Å². The molecule has 1 fully saturated rings. The third-order valence-corrected chi connectivity index (χ3v) is 3.88. The lowest BCUT2D eigenvalue weighted by atomic mass is 9.97. The maximum absolute atomic E-state index is 12.1. The van der Waals surface area contributed by atoms with Crippen LogP contribution in [0.15, 0.2) is 18.2 Å². The predicted octanol–water partition coefficient (Wildman–Crippen LogP) is 0.671. The van der Waals surface area contributed by atoms with Crippen molar-refractivity contribution in [2.45, 2.75) is 26.7 Å². The fourth-order valence-corrected chi connectivity index (χ4v) is 2.46. The first-order chi connectivity index (χ1) is 9.97. The molecular formula is C16H20NO4-. The molecule has 1 saturated heterocycles. The van der Waals surface area contributed by atoms with Crippen molar-refractivity contribution in [2.24, 2.45) is 5.92 Å². The fraction of sp³-hybridized carbons (Fsp3) is 0.500. The second kappa shape index (κ2) is 6.61. The molecule has 21 heavy (non-hydrogen) atoms. The molecule has 114 valence electrons. The molecule has 1 aliphatic heterocycles. The van der Waals surface area contributed by atoms with Crippen LogP contribution in [0, 0.1) is 19.8 Å². The molecule has 0 aromatic heterocycles. The van der Waals surface area contributed by atoms with Crippen molar-refractivity contribution in [2.75, 3.05) is 19.7 Å². The summed E-state index contributed by atoms with van der Waals surface area (Å²) in [7, 11) is 0. The minimum absolute atomic E-state index is 0.0136. The molecule has 1 aromatic rings. The number of carboxylic acid groups (broad SMARTS) is 1. The smallest absolute Gasteiger partial charge is 0.260 e. The highest BCUT2D eigenvalue weighted by Crippen LogP contribution is 2.20. The van der Waals surface area contributed by atoms with Crippen LogP contribution in [0.2, 0.25) is 0 Å². The number of amides is 1. The van der Waals surface area contributed by atoms with E-state index in [1.54, 1.807) is 4.90 Å². The average Bonchev–Trinajstić information content (AvgIpc) is 2.48. The Morgan fingerprint density at radius 1 is 1.29 bits per heavy atom. The number of carboxylic acids is 1. The second-order valence-corrected chi connectivity index (χ2v) is 5.53. The van der Waals surface area contributed by atoms with Gasteiger partial charge in [0.25, 0.3) is 5.91 Å². The number of rotatable bonds is 4. The topological polar surface area (TPSA) is 69.7 Å². The van der Waals surface area contributed by atoms with E-state index in [9.17, 15) is 14.7 Å². The van der Waals surface area contributed by atoms with Crippen LogP contribution in [0.1, 0.15) is 24.0 Å². The molecule has 5 nitrogen and oxygen atoms in total. The molecule has 2 rings (SSSR count). The van der Waals surface area contributed by atoms with E-state index in [-0.39, 0.29) is 12.5 Å². The highest BCUT2D eigenvalue weighted by atomic mass is 16.5. The minimum Gasteiger partial charge on any atom is -0.550 e. The van der Waals surface area contributed by atoms with Crippen LogP contribution in [-0.2, 0) is 9.59 Å². The number of carbonyl (C=O) groups excluding carboxylic acids is 2. The van der Waals surface area contributed by atoms with Crippen molar-refractivity contribution < 1.29 is 19.4 Å². The average molecular weight is 290 g/mol. The normalized spacial score (nSPS) is 15.8. The van der Waals surface area contributed by atoms with Crippen molar-refractivity contribution in [3.63, 3.8) is 0 Å². The summed E-state index contributed by atoms with van der Waals surface area (Å²) in [6.45, 7) is 4.80. The SMILES string of the molecule is Cc1ccc(C)c(OCC(=O)N2CCC(C(=O)[O-])CC2)c1. The van der Waals surface area contributed by atoms with Crippen LogP contribution in [0.3, 0.4) is 0 Å². The molecular weight excluding hydrogens is 270 g/mol. The Morgan fingerprint density at radius 2 is 1.95 bits per heavy atom. The molecule has 0 unspecified atom stereocenters. The summed E-state index contributed by atoms with van der Waals surface area (Å²) in [4.78, 5) is 24.5. The molecule has 0 atom stereocenters. The molecule has 0 spiro atoms. The van der Waals surface area contributed by atoms with Gasteiger partial charge in [0, 0.05) is 25.0 Å². The lowest BCUT2D eigenvalue weighted by Gasteiger charge is -2.32. The number of hydrogen-bond acceptors (Lipinski definition) is 4. The zero-order valence-corrected chi connectivity index (χ0v) is 12.4. The third-order valence-electron chi connectivity index (χ3n) is 3.88. The molecule has 1 amide bonds. The number of likely N-dealkylation sites (tertiary alicyclic amines) is 1. The monoisotopic (exact) mass is 290 g/mol. The summed E-state index contributed by atoms with van der Waals surface area (Å²) in [5, 5.41) is 10.8. The van der Waals surface area contributed by atoms with Crippen LogP contribution in [-0.4, -0.2) is 36.5 Å². The van der Waals surface area contributed by atoms with Crippen LogP contribution in [0.25, 0.3) is 0 Å². The van der Waals surface area contributed by atoms with E-state index in [1.165, 1.54) is 0 Å². The van der Waals surface area contributed by atoms with Gasteiger partial charge in [0.1, 0.15) is 5.75 Å². The van der Waals surface area contributed by atoms with Crippen molar-refractivity contribution >= 4 is 11.9 Å². The Bertz CT molecular complexity index is 533. The van der Waals surface area contributed by atoms with Gasteiger partial charge in [-0.2, -0.15) is 0 Å². The second-order valence-electron chi connectivity index (χ2n) is 5.53. The number of aryl methyl sites for hydroxylation is 2. The number of nitrogens with zero attached hydrogens (tertiary/aromatic N) is 1. The minimum atomic E-state index is -1.02. The molecule has 0 radical (unpaired) electrons. The number of benzene rings is 1. The summed E-state index contributed by atoms with van der Waals surface area (Å²) in [5.74, 6) is -0.844. The van der Waals surface area contributed by atoms with Gasteiger partial charge in [-0.1, -0.05) is 12.1 Å². The van der Waals surface area contributed by atoms with E-state index in [2.05, 4.69) is 0 Å². The Kier molecular flexibility index (Phi) is 4.83. The Hall–Kier alpha value is -2.04. The van der Waals surface area contributed by atoms with Crippen LogP contribution >= 0.6 is 0 Å². The molecule has 0 bridgehead atoms. The van der Waals surface area contributed by atoms with E-state index in [4.69, 9.17) is 4.74 Å². The first kappa shape index (κ1) is 15.4. The van der Waals surface area contributed by atoms with Gasteiger partial charge in [0.15, 0.2) is 6.61 Å². The lowest BCUT2D eigenvalue weighted by Crippen LogP contribution is -2.45. The number of ether oxygens (including phenoxy) is 1. The van der Waals surface area contributed by atoms with Gasteiger partial charge in [-0.3, -0.25) is 4.79 Å². The molecule has 0 aliphatic carbocycles. The van der Waals surface area contributed by atoms with Gasteiger partial charge in [-0.15, -0.1) is 0 Å². The van der Waals surface area contributed by atoms with E-state index in [1.807, 2.05) is 32.0 Å². The Morgan fingerprint density at radius 3 is 2.57 bits per heavy atom. The molecule has 5 heteroatoms. The zero-order valence-electron chi connectivity index (χ0n) is 12.4. The quantitative estimate of drug-likeness (QED) is 0.817. The number of aliphatic carboxylic acids is 1. The van der Waals surface area contributed by atoms with Crippen molar-refractivity contribution in [1.29, 1.82) is 0 Å². The summed E-state index contributed by atoms with van der Waals surface area (Å²) < 4.78 is 5.59. The number of piperidine rings is 1. The van der Waals surface area contributed by atoms with Gasteiger partial charge in [0.2, 0.25) is 0 Å². The molecule has 0 N–H and O–H groups in total. The fourth-order valence-electron chi connectivity index (χ4n) is 2.46. The highest BCUT2D eigenvalue weighted by Gasteiger charge is 2.23. The molecule has 0 saturated carbocycles. The van der Waals surface area contributed by atoms with Crippen LogP contribution in [0.4, 0.5) is 0 Å². The van der Waals surface area contributed by atoms with Gasteiger partial charge in [0.05, 0.1) is 0 Å². The lowest BCUT2D eigenvalue weighted by molar-refractivity contribution is -0.312. The van der Waals surface area contributed by atoms with E-state index >= 15 is 0 Å². The molecule has 1 aliphatic rings. The van der Waals surface area contributed by atoms with E-state index in [0.717, 1.165) is 11.1 Å². The number of hydrogen-bond donors (Lipinski definition) is 0. The van der Waals surface area contributed by atoms with Crippen LogP contribution < -0.4 is 9.84 Å². The van der Waals surface area contributed by atoms with Gasteiger partial charge in [-0.25, -0.2) is 0 Å². The van der Waals surface area contributed by atoms with Gasteiger partial charge in [-0.05, 0) is 43.9 Å². The molecule has 1 aromatic carbocycles. The van der Waals surface area contributed by atoms with Crippen molar-refractivity contribution in [3.05, 3.63) is 29.3 Å². The summed E-state index contributed by atoms with van der Waals surface area (Å²) in [5.41, 5.74) is 2.07. The van der Waals surface area contributed by atoms with Crippen molar-refractivity contribution in [3.8, 4) is 5.75 Å².